The topological polar surface area (TPSA) is 93.1 Å². The molecular formula is C18H21NO6S2. The van der Waals surface area contributed by atoms with Crippen LogP contribution in [0.1, 0.15) is 26.5 Å². The van der Waals surface area contributed by atoms with Gasteiger partial charge in [-0.3, -0.25) is 0 Å². The molecule has 0 saturated carbocycles. The maximum atomic E-state index is 12.2. The quantitative estimate of drug-likeness (QED) is 0.718. The molecule has 0 aliphatic carbocycles. The first-order chi connectivity index (χ1) is 12.8. The van der Waals surface area contributed by atoms with Crippen LogP contribution in [0.3, 0.4) is 0 Å². The Kier molecular flexibility index (Phi) is 6.03. The number of carboxylic acids is 1. The minimum Gasteiger partial charge on any atom is -0.486 e. The van der Waals surface area contributed by atoms with Crippen LogP contribution in [-0.4, -0.2) is 49.8 Å². The zero-order valence-corrected chi connectivity index (χ0v) is 16.5. The number of aryl methyl sites for hydroxylation is 1. The second-order valence-electron chi connectivity index (χ2n) is 6.25. The Balaban J connectivity index is 1.63. The highest BCUT2D eigenvalue weighted by Crippen LogP contribution is 2.31. The van der Waals surface area contributed by atoms with Crippen molar-refractivity contribution in [1.82, 2.24) is 4.31 Å². The highest BCUT2D eigenvalue weighted by molar-refractivity contribution is 7.88. The van der Waals surface area contributed by atoms with Crippen LogP contribution in [0.2, 0.25) is 0 Å². The number of ether oxygens (including phenoxy) is 2. The van der Waals surface area contributed by atoms with Gasteiger partial charge in [-0.25, -0.2) is 13.2 Å². The van der Waals surface area contributed by atoms with Crippen LogP contribution in [0.15, 0.2) is 30.3 Å². The number of thiophene rings is 1. The number of nitrogens with zero attached hydrogens (tertiary/aromatic N) is 1. The molecule has 0 saturated heterocycles. The van der Waals surface area contributed by atoms with Gasteiger partial charge in [-0.15, -0.1) is 11.3 Å². The van der Waals surface area contributed by atoms with E-state index in [0.717, 1.165) is 10.4 Å². The van der Waals surface area contributed by atoms with Gasteiger partial charge in [0.05, 0.1) is 6.26 Å². The maximum Gasteiger partial charge on any atom is 0.345 e. The van der Waals surface area contributed by atoms with Crippen LogP contribution in [0, 0.1) is 0 Å². The largest absolute Gasteiger partial charge is 0.486 e. The minimum absolute atomic E-state index is 0.250. The summed E-state index contributed by atoms with van der Waals surface area (Å²) in [6, 6.07) is 8.80. The summed E-state index contributed by atoms with van der Waals surface area (Å²) in [6.07, 6.45) is 2.43. The second kappa shape index (κ2) is 8.28. The Morgan fingerprint density at radius 3 is 2.59 bits per heavy atom. The number of rotatable bonds is 8. The molecular weight excluding hydrogens is 390 g/mol. The number of carboxylic acid groups (broad SMARTS) is 1. The molecule has 0 atom stereocenters. The van der Waals surface area contributed by atoms with Gasteiger partial charge in [0.25, 0.3) is 0 Å². The lowest BCUT2D eigenvalue weighted by Gasteiger charge is -2.22. The van der Waals surface area contributed by atoms with E-state index in [1.54, 1.807) is 18.2 Å². The lowest BCUT2D eigenvalue weighted by molar-refractivity contribution is 0.0702. The molecule has 0 amide bonds. The van der Waals surface area contributed by atoms with Crippen molar-refractivity contribution < 1.29 is 27.8 Å². The predicted molar refractivity (Wildman–Crippen MR) is 102 cm³/mol. The summed E-state index contributed by atoms with van der Waals surface area (Å²) in [5, 5.41) is 8.97. The Hall–Kier alpha value is -2.10. The minimum atomic E-state index is -3.38. The van der Waals surface area contributed by atoms with Crippen molar-refractivity contribution in [3.05, 3.63) is 45.6 Å². The third kappa shape index (κ3) is 5.21. The number of aromatic carboxylic acids is 1. The summed E-state index contributed by atoms with van der Waals surface area (Å²) in [4.78, 5) is 12.2. The summed E-state index contributed by atoms with van der Waals surface area (Å²) in [7, 11) is -3.38. The predicted octanol–water partition coefficient (Wildman–Crippen LogP) is 2.61. The number of hydrogen-bond donors (Lipinski definition) is 1. The van der Waals surface area contributed by atoms with Crippen molar-refractivity contribution in [2.24, 2.45) is 0 Å². The van der Waals surface area contributed by atoms with E-state index in [0.29, 0.717) is 49.0 Å². The van der Waals surface area contributed by atoms with E-state index in [9.17, 15) is 13.2 Å². The maximum absolute atomic E-state index is 12.2. The molecule has 1 N–H and O–H groups in total. The van der Waals surface area contributed by atoms with Crippen LogP contribution in [-0.2, 0) is 23.0 Å². The first-order valence-electron chi connectivity index (χ1n) is 8.48. The van der Waals surface area contributed by atoms with Crippen molar-refractivity contribution in [3.63, 3.8) is 0 Å². The van der Waals surface area contributed by atoms with Crippen molar-refractivity contribution in [1.29, 1.82) is 0 Å². The fraction of sp³-hybridized carbons (Fsp3) is 0.389. The van der Waals surface area contributed by atoms with E-state index < -0.39 is 16.0 Å². The first kappa shape index (κ1) is 19.7. The van der Waals surface area contributed by atoms with E-state index in [1.807, 2.05) is 12.1 Å². The molecule has 0 unspecified atom stereocenters. The molecule has 1 aromatic carbocycles. The van der Waals surface area contributed by atoms with Gasteiger partial charge in [0.2, 0.25) is 10.0 Å². The molecule has 0 spiro atoms. The van der Waals surface area contributed by atoms with Gasteiger partial charge >= 0.3 is 5.97 Å². The highest BCUT2D eigenvalue weighted by atomic mass is 32.2. The summed E-state index contributed by atoms with van der Waals surface area (Å²) in [5.41, 5.74) is 0.828. The summed E-state index contributed by atoms with van der Waals surface area (Å²) >= 11 is 1.22. The average Bonchev–Trinajstić information content (AvgIpc) is 3.09. The molecule has 1 aliphatic rings. The van der Waals surface area contributed by atoms with Gasteiger partial charge in [-0.1, -0.05) is 6.07 Å². The number of carbonyl (C=O) groups is 1. The van der Waals surface area contributed by atoms with Crippen LogP contribution < -0.4 is 9.47 Å². The molecule has 2 heterocycles. The zero-order valence-electron chi connectivity index (χ0n) is 14.9. The van der Waals surface area contributed by atoms with Crippen LogP contribution in [0.25, 0.3) is 0 Å². The van der Waals surface area contributed by atoms with E-state index in [2.05, 4.69) is 0 Å². The lowest BCUT2D eigenvalue weighted by atomic mass is 10.2. The number of benzene rings is 1. The molecule has 2 aromatic rings. The summed E-state index contributed by atoms with van der Waals surface area (Å²) in [6.45, 7) is 1.59. The number of sulfonamides is 1. The molecule has 9 heteroatoms. The van der Waals surface area contributed by atoms with Gasteiger partial charge in [0.1, 0.15) is 18.1 Å². The fourth-order valence-electron chi connectivity index (χ4n) is 2.81. The fourth-order valence-corrected chi connectivity index (χ4v) is 4.54. The van der Waals surface area contributed by atoms with Crippen molar-refractivity contribution in [2.45, 2.75) is 19.4 Å². The van der Waals surface area contributed by atoms with Crippen LogP contribution in [0.5, 0.6) is 11.5 Å². The SMILES string of the molecule is CS(=O)(=O)N(CCCc1ccc(C(=O)O)s1)Cc1ccc2c(c1)OCCO2. The van der Waals surface area contributed by atoms with Gasteiger partial charge < -0.3 is 14.6 Å². The molecule has 0 bridgehead atoms. The first-order valence-corrected chi connectivity index (χ1v) is 11.1. The normalized spacial score (nSPS) is 13.7. The van der Waals surface area contributed by atoms with Crippen LogP contribution in [0.4, 0.5) is 0 Å². The van der Waals surface area contributed by atoms with Crippen molar-refractivity contribution in [3.8, 4) is 11.5 Å². The third-order valence-electron chi connectivity index (χ3n) is 4.14. The lowest BCUT2D eigenvalue weighted by Crippen LogP contribution is -2.30. The number of fused-ring (bicyclic) bond motifs is 1. The monoisotopic (exact) mass is 411 g/mol. The molecule has 146 valence electrons. The Morgan fingerprint density at radius 1 is 1.19 bits per heavy atom. The van der Waals surface area contributed by atoms with Gasteiger partial charge in [-0.05, 0) is 42.7 Å². The number of hydrogen-bond acceptors (Lipinski definition) is 6. The molecule has 1 aromatic heterocycles. The summed E-state index contributed by atoms with van der Waals surface area (Å²) in [5.74, 6) is 0.359. The molecule has 1 aliphatic heterocycles. The second-order valence-corrected chi connectivity index (χ2v) is 9.40. The van der Waals surface area contributed by atoms with Crippen LogP contribution >= 0.6 is 11.3 Å². The third-order valence-corrected chi connectivity index (χ3v) is 6.52. The van der Waals surface area contributed by atoms with Gasteiger partial charge in [-0.2, -0.15) is 4.31 Å². The van der Waals surface area contributed by atoms with E-state index in [1.165, 1.54) is 21.9 Å². The molecule has 0 radical (unpaired) electrons. The van der Waals surface area contributed by atoms with Crippen molar-refractivity contribution >= 4 is 27.3 Å². The Bertz CT molecular complexity index is 922. The molecule has 7 nitrogen and oxygen atoms in total. The Morgan fingerprint density at radius 2 is 1.93 bits per heavy atom. The zero-order chi connectivity index (χ0) is 19.4. The van der Waals surface area contributed by atoms with Gasteiger partial charge in [0.15, 0.2) is 11.5 Å². The summed E-state index contributed by atoms with van der Waals surface area (Å²) < 4.78 is 36.8. The van der Waals surface area contributed by atoms with E-state index >= 15 is 0 Å². The molecule has 3 rings (SSSR count). The van der Waals surface area contributed by atoms with E-state index in [4.69, 9.17) is 14.6 Å². The molecule has 27 heavy (non-hydrogen) atoms. The smallest absolute Gasteiger partial charge is 0.345 e. The van der Waals surface area contributed by atoms with E-state index in [-0.39, 0.29) is 6.54 Å². The standard InChI is InChI=1S/C18H21NO6S2/c1-27(22,23)19(8-2-3-14-5-7-17(26-14)18(20)21)12-13-4-6-15-16(11-13)25-10-9-24-15/h4-7,11H,2-3,8-10,12H2,1H3,(H,20,21). The highest BCUT2D eigenvalue weighted by Gasteiger charge is 2.19. The average molecular weight is 412 g/mol. The molecule has 0 fully saturated rings. The van der Waals surface area contributed by atoms with Gasteiger partial charge in [0, 0.05) is 18.0 Å². The van der Waals surface area contributed by atoms with Crippen molar-refractivity contribution in [2.75, 3.05) is 26.0 Å². The Labute approximate surface area is 162 Å².